The number of aromatic nitrogens is 1. The first kappa shape index (κ1) is 15.0. The van der Waals surface area contributed by atoms with Gasteiger partial charge in [-0.2, -0.15) is 0 Å². The highest BCUT2D eigenvalue weighted by Crippen LogP contribution is 2.49. The Morgan fingerprint density at radius 1 is 1.42 bits per heavy atom. The number of halogens is 2. The second kappa shape index (κ2) is 5.56. The lowest BCUT2D eigenvalue weighted by molar-refractivity contribution is 0.449. The molecule has 19 heavy (non-hydrogen) atoms. The van der Waals surface area contributed by atoms with Gasteiger partial charge in [-0.25, -0.2) is 18.1 Å². The highest BCUT2D eigenvalue weighted by molar-refractivity contribution is 7.89. The molecule has 106 valence electrons. The molecule has 0 bridgehead atoms. The van der Waals surface area contributed by atoms with Crippen LogP contribution < -0.4 is 4.72 Å². The number of pyridine rings is 1. The second-order valence-electron chi connectivity index (χ2n) is 5.02. The Hall–Kier alpha value is -0.360. The largest absolute Gasteiger partial charge is 0.242 e. The van der Waals surface area contributed by atoms with Crippen molar-refractivity contribution in [3.8, 4) is 0 Å². The predicted octanol–water partition coefficient (Wildman–Crippen LogP) is 3.25. The standard InChI is InChI=1S/C12H16Cl2N2O2S/c1-2-3-12(4-5-12)8-16-19(17,18)9-6-10(13)11(14)15-7-9/h6-7,16H,2-5,8H2,1H3. The van der Waals surface area contributed by atoms with E-state index in [0.717, 1.165) is 25.7 Å². The van der Waals surface area contributed by atoms with Crippen molar-refractivity contribution in [2.24, 2.45) is 5.41 Å². The second-order valence-corrected chi connectivity index (χ2v) is 7.55. The molecule has 0 aromatic carbocycles. The predicted molar refractivity (Wildman–Crippen MR) is 76.0 cm³/mol. The highest BCUT2D eigenvalue weighted by Gasteiger charge is 2.42. The molecule has 0 saturated heterocycles. The van der Waals surface area contributed by atoms with Crippen LogP contribution in [0.2, 0.25) is 10.2 Å². The van der Waals surface area contributed by atoms with Gasteiger partial charge in [-0.3, -0.25) is 0 Å². The summed E-state index contributed by atoms with van der Waals surface area (Å²) in [5.41, 5.74) is 0.158. The molecular formula is C12H16Cl2N2O2S. The van der Waals surface area contributed by atoms with E-state index >= 15 is 0 Å². The van der Waals surface area contributed by atoms with Crippen LogP contribution in [0.25, 0.3) is 0 Å². The minimum absolute atomic E-state index is 0.0502. The van der Waals surface area contributed by atoms with E-state index in [0.29, 0.717) is 6.54 Å². The van der Waals surface area contributed by atoms with Crippen molar-refractivity contribution in [3.05, 3.63) is 22.4 Å². The molecule has 1 aromatic rings. The molecule has 7 heteroatoms. The van der Waals surface area contributed by atoms with Crippen LogP contribution >= 0.6 is 23.2 Å². The normalized spacial score (nSPS) is 17.4. The van der Waals surface area contributed by atoms with Crippen molar-refractivity contribution in [1.29, 1.82) is 0 Å². The van der Waals surface area contributed by atoms with Gasteiger partial charge in [0.05, 0.1) is 5.02 Å². The highest BCUT2D eigenvalue weighted by atomic mass is 35.5. The molecule has 0 amide bonds. The van der Waals surface area contributed by atoms with Crippen molar-refractivity contribution in [2.45, 2.75) is 37.5 Å². The zero-order chi connectivity index (χ0) is 14.1. The van der Waals surface area contributed by atoms with Gasteiger partial charge in [0.25, 0.3) is 0 Å². The summed E-state index contributed by atoms with van der Waals surface area (Å²) in [5, 5.41) is 0.240. The van der Waals surface area contributed by atoms with Crippen LogP contribution in [0.4, 0.5) is 0 Å². The summed E-state index contributed by atoms with van der Waals surface area (Å²) in [4.78, 5) is 3.81. The summed E-state index contributed by atoms with van der Waals surface area (Å²) in [7, 11) is -3.57. The molecule has 1 aliphatic carbocycles. The van der Waals surface area contributed by atoms with E-state index in [1.807, 2.05) is 0 Å². The van der Waals surface area contributed by atoms with Gasteiger partial charge in [-0.05, 0) is 30.7 Å². The van der Waals surface area contributed by atoms with Crippen LogP contribution in [0.5, 0.6) is 0 Å². The number of sulfonamides is 1. The average molecular weight is 323 g/mol. The van der Waals surface area contributed by atoms with Gasteiger partial charge in [0, 0.05) is 12.7 Å². The van der Waals surface area contributed by atoms with Crippen molar-refractivity contribution < 1.29 is 8.42 Å². The van der Waals surface area contributed by atoms with Crippen molar-refractivity contribution >= 4 is 33.2 Å². The van der Waals surface area contributed by atoms with Crippen LogP contribution in [0, 0.1) is 5.41 Å². The van der Waals surface area contributed by atoms with E-state index in [-0.39, 0.29) is 20.5 Å². The van der Waals surface area contributed by atoms with Gasteiger partial charge >= 0.3 is 0 Å². The monoisotopic (exact) mass is 322 g/mol. The molecule has 1 aliphatic rings. The van der Waals surface area contributed by atoms with Gasteiger partial charge < -0.3 is 0 Å². The van der Waals surface area contributed by atoms with Gasteiger partial charge in [0.2, 0.25) is 10.0 Å². The fraction of sp³-hybridized carbons (Fsp3) is 0.583. The fourth-order valence-corrected chi connectivity index (χ4v) is 3.57. The van der Waals surface area contributed by atoms with E-state index in [9.17, 15) is 8.42 Å². The van der Waals surface area contributed by atoms with Gasteiger partial charge in [0.15, 0.2) is 0 Å². The number of hydrogen-bond acceptors (Lipinski definition) is 3. The lowest BCUT2D eigenvalue weighted by Gasteiger charge is -2.15. The number of nitrogens with one attached hydrogen (secondary N) is 1. The Morgan fingerprint density at radius 3 is 2.63 bits per heavy atom. The van der Waals surface area contributed by atoms with E-state index in [4.69, 9.17) is 23.2 Å². The minimum atomic E-state index is -3.57. The van der Waals surface area contributed by atoms with Crippen molar-refractivity contribution in [3.63, 3.8) is 0 Å². The lowest BCUT2D eigenvalue weighted by Crippen LogP contribution is -2.30. The molecule has 0 atom stereocenters. The van der Waals surface area contributed by atoms with E-state index in [2.05, 4.69) is 16.6 Å². The zero-order valence-electron chi connectivity index (χ0n) is 10.6. The number of nitrogens with zero attached hydrogens (tertiary/aromatic N) is 1. The Labute approximate surface area is 123 Å². The summed E-state index contributed by atoms with van der Waals surface area (Å²) in [6.45, 7) is 2.58. The zero-order valence-corrected chi connectivity index (χ0v) is 12.9. The molecule has 1 fully saturated rings. The van der Waals surface area contributed by atoms with E-state index in [1.54, 1.807) is 0 Å². The SMILES string of the molecule is CCCC1(CNS(=O)(=O)c2cnc(Cl)c(Cl)c2)CC1. The summed E-state index contributed by atoms with van der Waals surface area (Å²) in [6, 6.07) is 1.32. The Bertz CT molecular complexity index is 571. The van der Waals surface area contributed by atoms with Crippen LogP contribution in [0.1, 0.15) is 32.6 Å². The third kappa shape index (κ3) is 3.60. The molecule has 4 nitrogen and oxygen atoms in total. The maximum Gasteiger partial charge on any atom is 0.242 e. The Balaban J connectivity index is 2.08. The van der Waals surface area contributed by atoms with Crippen LogP contribution in [0.15, 0.2) is 17.2 Å². The summed E-state index contributed by atoms with van der Waals surface area (Å²) in [6.07, 6.45) is 5.51. The van der Waals surface area contributed by atoms with E-state index < -0.39 is 10.0 Å². The first-order chi connectivity index (χ1) is 8.88. The molecule has 0 spiro atoms. The first-order valence-corrected chi connectivity index (χ1v) is 8.43. The van der Waals surface area contributed by atoms with Gasteiger partial charge in [0.1, 0.15) is 10.0 Å². The van der Waals surface area contributed by atoms with Crippen molar-refractivity contribution in [2.75, 3.05) is 6.54 Å². The van der Waals surface area contributed by atoms with Crippen LogP contribution in [0.3, 0.4) is 0 Å². The molecule has 1 heterocycles. The average Bonchev–Trinajstić information content (AvgIpc) is 3.11. The quantitative estimate of drug-likeness (QED) is 0.818. The molecule has 1 N–H and O–H groups in total. The van der Waals surface area contributed by atoms with Crippen LogP contribution in [-0.4, -0.2) is 19.9 Å². The molecule has 2 rings (SSSR count). The number of rotatable bonds is 6. The maximum absolute atomic E-state index is 12.1. The summed E-state index contributed by atoms with van der Waals surface area (Å²) < 4.78 is 26.9. The van der Waals surface area contributed by atoms with Gasteiger partial charge in [-0.1, -0.05) is 36.5 Å². The third-order valence-corrected chi connectivity index (χ3v) is 5.51. The Kier molecular flexibility index (Phi) is 4.40. The fourth-order valence-electron chi connectivity index (χ4n) is 2.10. The van der Waals surface area contributed by atoms with Crippen molar-refractivity contribution in [1.82, 2.24) is 9.71 Å². The minimum Gasteiger partial charge on any atom is -0.242 e. The summed E-state index contributed by atoms with van der Waals surface area (Å²) in [5.74, 6) is 0. The molecule has 1 aromatic heterocycles. The maximum atomic E-state index is 12.1. The molecular weight excluding hydrogens is 307 g/mol. The Morgan fingerprint density at radius 2 is 2.11 bits per heavy atom. The number of hydrogen-bond donors (Lipinski definition) is 1. The smallest absolute Gasteiger partial charge is 0.242 e. The molecule has 0 radical (unpaired) electrons. The first-order valence-electron chi connectivity index (χ1n) is 6.19. The molecule has 0 unspecified atom stereocenters. The van der Waals surface area contributed by atoms with Crippen LogP contribution in [-0.2, 0) is 10.0 Å². The van der Waals surface area contributed by atoms with Gasteiger partial charge in [-0.15, -0.1) is 0 Å². The molecule has 0 aliphatic heterocycles. The van der Waals surface area contributed by atoms with E-state index in [1.165, 1.54) is 12.3 Å². The third-order valence-electron chi connectivity index (χ3n) is 3.46. The topological polar surface area (TPSA) is 59.1 Å². The summed E-state index contributed by atoms with van der Waals surface area (Å²) >= 11 is 11.5. The molecule has 1 saturated carbocycles. The lowest BCUT2D eigenvalue weighted by atomic mass is 10.0.